The minimum Gasteiger partial charge on any atom is -0.478 e. The number of carbonyl (C=O) groups is 2. The van der Waals surface area contributed by atoms with Gasteiger partial charge in [0.25, 0.3) is 0 Å². The Hall–Kier alpha value is -3.16. The first kappa shape index (κ1) is 16.7. The number of aromatic carboxylic acids is 1. The van der Waals surface area contributed by atoms with E-state index in [9.17, 15) is 14.7 Å². The van der Waals surface area contributed by atoms with Gasteiger partial charge in [-0.1, -0.05) is 6.07 Å². The fraction of sp³-hybridized carbons (Fsp3) is 0.294. The number of anilines is 1. The lowest BCUT2D eigenvalue weighted by atomic mass is 10.1. The van der Waals surface area contributed by atoms with Crippen LogP contribution in [-0.2, 0) is 16.1 Å². The molecule has 8 heteroatoms. The molecule has 0 aliphatic rings. The Morgan fingerprint density at radius 1 is 1.28 bits per heavy atom. The van der Waals surface area contributed by atoms with Gasteiger partial charge in [0, 0.05) is 5.39 Å². The Morgan fingerprint density at radius 2 is 2.00 bits per heavy atom. The highest BCUT2D eigenvalue weighted by Crippen LogP contribution is 2.31. The number of esters is 1. The third-order valence-corrected chi connectivity index (χ3v) is 3.62. The van der Waals surface area contributed by atoms with Crippen molar-refractivity contribution in [1.29, 1.82) is 0 Å². The van der Waals surface area contributed by atoms with Crippen LogP contribution in [0.15, 0.2) is 24.5 Å². The molecule has 0 aliphatic heterocycles. The first-order valence-electron chi connectivity index (χ1n) is 7.65. The fourth-order valence-corrected chi connectivity index (χ4v) is 2.73. The summed E-state index contributed by atoms with van der Waals surface area (Å²) in [5, 5.41) is 10.5. The number of carboxylic acid groups (broad SMARTS) is 1. The zero-order chi connectivity index (χ0) is 18.4. The van der Waals surface area contributed by atoms with E-state index < -0.39 is 17.5 Å². The number of carbonyl (C=O) groups excluding carboxylic acids is 1. The third-order valence-electron chi connectivity index (χ3n) is 3.62. The second-order valence-corrected chi connectivity index (χ2v) is 6.67. The first-order chi connectivity index (χ1) is 11.7. The van der Waals surface area contributed by atoms with Gasteiger partial charge < -0.3 is 20.1 Å². The van der Waals surface area contributed by atoms with E-state index in [0.29, 0.717) is 21.9 Å². The van der Waals surface area contributed by atoms with Gasteiger partial charge in [-0.2, -0.15) is 0 Å². The zero-order valence-electron chi connectivity index (χ0n) is 14.1. The summed E-state index contributed by atoms with van der Waals surface area (Å²) in [6.07, 6.45) is 1.31. The summed E-state index contributed by atoms with van der Waals surface area (Å²) >= 11 is 0. The van der Waals surface area contributed by atoms with Gasteiger partial charge in [-0.25, -0.2) is 14.8 Å². The van der Waals surface area contributed by atoms with Gasteiger partial charge in [-0.05, 0) is 32.9 Å². The molecule has 25 heavy (non-hydrogen) atoms. The predicted octanol–water partition coefficient (Wildman–Crippen LogP) is 2.21. The highest BCUT2D eigenvalue weighted by molar-refractivity contribution is 6.12. The van der Waals surface area contributed by atoms with E-state index in [2.05, 4.69) is 9.97 Å². The largest absolute Gasteiger partial charge is 0.478 e. The maximum atomic E-state index is 12.3. The number of benzene rings is 1. The summed E-state index contributed by atoms with van der Waals surface area (Å²) < 4.78 is 6.97. The molecule has 0 amide bonds. The van der Waals surface area contributed by atoms with Crippen molar-refractivity contribution in [3.05, 3.63) is 30.1 Å². The van der Waals surface area contributed by atoms with Crippen LogP contribution in [0.5, 0.6) is 0 Å². The van der Waals surface area contributed by atoms with Crippen LogP contribution in [-0.4, -0.2) is 37.2 Å². The normalized spacial score (nSPS) is 11.8. The van der Waals surface area contributed by atoms with E-state index in [1.165, 1.54) is 18.5 Å². The fourth-order valence-electron chi connectivity index (χ4n) is 2.73. The molecule has 2 aromatic heterocycles. The summed E-state index contributed by atoms with van der Waals surface area (Å²) in [5.74, 6) is -1.25. The van der Waals surface area contributed by atoms with E-state index >= 15 is 0 Å². The Morgan fingerprint density at radius 3 is 2.64 bits per heavy atom. The van der Waals surface area contributed by atoms with Crippen LogP contribution in [0.4, 0.5) is 5.82 Å². The van der Waals surface area contributed by atoms with Crippen LogP contribution >= 0.6 is 0 Å². The molecular weight excluding hydrogens is 324 g/mol. The van der Waals surface area contributed by atoms with E-state index in [4.69, 9.17) is 10.5 Å². The number of nitrogens with two attached hydrogens (primary N) is 1. The molecule has 3 rings (SSSR count). The van der Waals surface area contributed by atoms with Crippen molar-refractivity contribution in [1.82, 2.24) is 14.5 Å². The lowest BCUT2D eigenvalue weighted by Gasteiger charge is -2.20. The van der Waals surface area contributed by atoms with Crippen LogP contribution in [0.2, 0.25) is 0 Å². The molecule has 0 unspecified atom stereocenters. The van der Waals surface area contributed by atoms with Gasteiger partial charge in [0.1, 0.15) is 29.9 Å². The molecule has 8 nitrogen and oxygen atoms in total. The molecule has 0 spiro atoms. The van der Waals surface area contributed by atoms with Crippen LogP contribution in [0, 0.1) is 0 Å². The SMILES string of the molecule is CC(C)(C)OC(=O)Cn1c2cc(C(=O)O)ccc2c2c(N)ncnc21. The van der Waals surface area contributed by atoms with Crippen molar-refractivity contribution >= 4 is 39.7 Å². The van der Waals surface area contributed by atoms with Crippen molar-refractivity contribution in [3.8, 4) is 0 Å². The zero-order valence-corrected chi connectivity index (χ0v) is 14.1. The second-order valence-electron chi connectivity index (χ2n) is 6.67. The molecule has 3 N–H and O–H groups in total. The predicted molar refractivity (Wildman–Crippen MR) is 92.3 cm³/mol. The van der Waals surface area contributed by atoms with E-state index in [1.807, 2.05) is 0 Å². The first-order valence-corrected chi connectivity index (χ1v) is 7.65. The van der Waals surface area contributed by atoms with E-state index in [1.54, 1.807) is 31.4 Å². The molecule has 0 saturated carbocycles. The maximum Gasteiger partial charge on any atom is 0.335 e. The summed E-state index contributed by atoms with van der Waals surface area (Å²) in [5.41, 5.74) is 6.43. The van der Waals surface area contributed by atoms with Crippen molar-refractivity contribution in [2.75, 3.05) is 5.73 Å². The smallest absolute Gasteiger partial charge is 0.335 e. The molecular formula is C17H18N4O4. The third kappa shape index (κ3) is 3.10. The van der Waals surface area contributed by atoms with Gasteiger partial charge in [0.05, 0.1) is 16.5 Å². The number of ether oxygens (including phenoxy) is 1. The number of hydrogen-bond donors (Lipinski definition) is 2. The van der Waals surface area contributed by atoms with Crippen LogP contribution < -0.4 is 5.73 Å². The van der Waals surface area contributed by atoms with Crippen LogP contribution in [0.25, 0.3) is 21.9 Å². The van der Waals surface area contributed by atoms with Crippen molar-refractivity contribution < 1.29 is 19.4 Å². The van der Waals surface area contributed by atoms with Gasteiger partial charge in [0.2, 0.25) is 0 Å². The number of rotatable bonds is 3. The number of aromatic nitrogens is 3. The standard InChI is InChI=1S/C17H18N4O4/c1-17(2,3)25-12(22)7-21-11-6-9(16(23)24)4-5-10(11)13-14(18)19-8-20-15(13)21/h4-6,8H,7H2,1-3H3,(H,23,24)(H2,18,19,20). The summed E-state index contributed by atoms with van der Waals surface area (Å²) in [7, 11) is 0. The van der Waals surface area contributed by atoms with Crippen LogP contribution in [0.3, 0.4) is 0 Å². The topological polar surface area (TPSA) is 120 Å². The quantitative estimate of drug-likeness (QED) is 0.700. The summed E-state index contributed by atoms with van der Waals surface area (Å²) in [6, 6.07) is 4.62. The second kappa shape index (κ2) is 5.73. The molecule has 0 fully saturated rings. The number of carboxylic acids is 1. The molecule has 3 aromatic rings. The highest BCUT2D eigenvalue weighted by atomic mass is 16.6. The summed E-state index contributed by atoms with van der Waals surface area (Å²) in [6.45, 7) is 5.22. The highest BCUT2D eigenvalue weighted by Gasteiger charge is 2.21. The number of hydrogen-bond acceptors (Lipinski definition) is 6. The average Bonchev–Trinajstić information content (AvgIpc) is 2.80. The molecule has 0 aliphatic carbocycles. The lowest BCUT2D eigenvalue weighted by Crippen LogP contribution is -2.26. The Kier molecular flexibility index (Phi) is 3.82. The van der Waals surface area contributed by atoms with Crippen molar-refractivity contribution in [2.45, 2.75) is 32.9 Å². The Bertz CT molecular complexity index is 1000. The monoisotopic (exact) mass is 342 g/mol. The molecule has 1 aromatic carbocycles. The number of nitrogens with zero attached hydrogens (tertiary/aromatic N) is 3. The van der Waals surface area contributed by atoms with Crippen molar-refractivity contribution in [2.24, 2.45) is 0 Å². The molecule has 0 radical (unpaired) electrons. The van der Waals surface area contributed by atoms with Gasteiger partial charge >= 0.3 is 11.9 Å². The summed E-state index contributed by atoms with van der Waals surface area (Å²) in [4.78, 5) is 31.8. The molecule has 2 heterocycles. The van der Waals surface area contributed by atoms with Gasteiger partial charge in [-0.3, -0.25) is 4.79 Å². The Balaban J connectivity index is 2.23. The number of nitrogen functional groups attached to an aromatic ring is 1. The van der Waals surface area contributed by atoms with Gasteiger partial charge in [0.15, 0.2) is 0 Å². The minimum absolute atomic E-state index is 0.104. The minimum atomic E-state index is -1.06. The van der Waals surface area contributed by atoms with E-state index in [0.717, 1.165) is 0 Å². The van der Waals surface area contributed by atoms with Crippen LogP contribution in [0.1, 0.15) is 31.1 Å². The van der Waals surface area contributed by atoms with Gasteiger partial charge in [-0.15, -0.1) is 0 Å². The maximum absolute atomic E-state index is 12.3. The molecule has 0 atom stereocenters. The molecule has 130 valence electrons. The molecule has 0 saturated heterocycles. The lowest BCUT2D eigenvalue weighted by molar-refractivity contribution is -0.155. The van der Waals surface area contributed by atoms with E-state index in [-0.39, 0.29) is 17.9 Å². The average molecular weight is 342 g/mol. The number of fused-ring (bicyclic) bond motifs is 3. The Labute approximate surface area is 143 Å². The van der Waals surface area contributed by atoms with Crippen molar-refractivity contribution in [3.63, 3.8) is 0 Å². The molecule has 0 bridgehead atoms.